The maximum Gasteiger partial charge on any atom is 0.253 e. The number of rotatable bonds is 10. The number of amides is 2. The SMILES string of the molecule is CCn1c(SCC(=O)NCCc2ccccc2)nnc1[C@H](C)NC(=O)c1ccccc1Cl. The molecule has 0 bridgehead atoms. The topological polar surface area (TPSA) is 88.9 Å². The molecule has 2 amide bonds. The van der Waals surface area contributed by atoms with Crippen molar-refractivity contribution >= 4 is 35.2 Å². The molecule has 0 unspecified atom stereocenters. The van der Waals surface area contributed by atoms with Crippen LogP contribution in [0.25, 0.3) is 0 Å². The van der Waals surface area contributed by atoms with Crippen molar-refractivity contribution in [3.63, 3.8) is 0 Å². The summed E-state index contributed by atoms with van der Waals surface area (Å²) in [6, 6.07) is 16.5. The van der Waals surface area contributed by atoms with Crippen LogP contribution in [0, 0.1) is 0 Å². The van der Waals surface area contributed by atoms with Crippen LogP contribution in [0.1, 0.15) is 41.6 Å². The van der Waals surface area contributed by atoms with E-state index in [2.05, 4.69) is 20.8 Å². The molecule has 2 aromatic carbocycles. The molecular formula is C23H26ClN5O2S. The lowest BCUT2D eigenvalue weighted by Crippen LogP contribution is -2.29. The third-order valence-electron chi connectivity index (χ3n) is 4.83. The van der Waals surface area contributed by atoms with Crippen molar-refractivity contribution in [2.75, 3.05) is 12.3 Å². The summed E-state index contributed by atoms with van der Waals surface area (Å²) in [4.78, 5) is 24.8. The van der Waals surface area contributed by atoms with Crippen LogP contribution in [-0.2, 0) is 17.8 Å². The second-order valence-electron chi connectivity index (χ2n) is 7.13. The van der Waals surface area contributed by atoms with E-state index in [1.807, 2.05) is 48.7 Å². The average Bonchev–Trinajstić information content (AvgIpc) is 3.21. The van der Waals surface area contributed by atoms with E-state index in [0.29, 0.717) is 34.7 Å². The van der Waals surface area contributed by atoms with Gasteiger partial charge < -0.3 is 15.2 Å². The van der Waals surface area contributed by atoms with Gasteiger partial charge >= 0.3 is 0 Å². The summed E-state index contributed by atoms with van der Waals surface area (Å²) in [5, 5.41) is 15.3. The highest BCUT2D eigenvalue weighted by atomic mass is 35.5. The largest absolute Gasteiger partial charge is 0.355 e. The summed E-state index contributed by atoms with van der Waals surface area (Å²) in [5.74, 6) is 0.534. The maximum atomic E-state index is 12.6. The number of carbonyl (C=O) groups is 2. The number of benzene rings is 2. The minimum absolute atomic E-state index is 0.0572. The molecule has 168 valence electrons. The van der Waals surface area contributed by atoms with Crippen molar-refractivity contribution in [3.8, 4) is 0 Å². The molecule has 1 atom stereocenters. The lowest BCUT2D eigenvalue weighted by atomic mass is 10.1. The zero-order valence-corrected chi connectivity index (χ0v) is 19.6. The minimum Gasteiger partial charge on any atom is -0.355 e. The van der Waals surface area contributed by atoms with Gasteiger partial charge in [-0.2, -0.15) is 0 Å². The summed E-state index contributed by atoms with van der Waals surface area (Å²) in [5.41, 5.74) is 1.59. The number of hydrogen-bond donors (Lipinski definition) is 2. The molecular weight excluding hydrogens is 446 g/mol. The summed E-state index contributed by atoms with van der Waals surface area (Å²) in [6.07, 6.45) is 0.787. The zero-order valence-electron chi connectivity index (χ0n) is 18.0. The van der Waals surface area contributed by atoms with Gasteiger partial charge in [-0.05, 0) is 38.0 Å². The number of thioether (sulfide) groups is 1. The van der Waals surface area contributed by atoms with Crippen LogP contribution < -0.4 is 10.6 Å². The van der Waals surface area contributed by atoms with Gasteiger partial charge in [0.25, 0.3) is 5.91 Å². The molecule has 0 aliphatic heterocycles. The number of nitrogens with zero attached hydrogens (tertiary/aromatic N) is 3. The first-order valence-electron chi connectivity index (χ1n) is 10.4. The molecule has 0 spiro atoms. The van der Waals surface area contributed by atoms with Crippen LogP contribution in [-0.4, -0.2) is 38.9 Å². The van der Waals surface area contributed by atoms with E-state index in [4.69, 9.17) is 11.6 Å². The summed E-state index contributed by atoms with van der Waals surface area (Å²) < 4.78 is 1.90. The highest BCUT2D eigenvalue weighted by molar-refractivity contribution is 7.99. The van der Waals surface area contributed by atoms with Gasteiger partial charge in [0.2, 0.25) is 5.91 Å². The predicted octanol–water partition coefficient (Wildman–Crippen LogP) is 3.89. The Labute approximate surface area is 197 Å². The van der Waals surface area contributed by atoms with Crippen molar-refractivity contribution in [1.29, 1.82) is 0 Å². The number of hydrogen-bond acceptors (Lipinski definition) is 5. The van der Waals surface area contributed by atoms with Crippen molar-refractivity contribution < 1.29 is 9.59 Å². The van der Waals surface area contributed by atoms with E-state index < -0.39 is 0 Å². The van der Waals surface area contributed by atoms with Gasteiger partial charge in [0.05, 0.1) is 22.4 Å². The maximum absolute atomic E-state index is 12.6. The standard InChI is InChI=1S/C23H26ClN5O2S/c1-3-29-21(16(2)26-22(31)18-11-7-8-12-19(18)24)27-28-23(29)32-15-20(30)25-14-13-17-9-5-4-6-10-17/h4-12,16H,3,13-15H2,1-2H3,(H,25,30)(H,26,31)/t16-/m0/s1. The molecule has 0 aliphatic rings. The average molecular weight is 472 g/mol. The Hall–Kier alpha value is -2.84. The van der Waals surface area contributed by atoms with Crippen molar-refractivity contribution in [2.45, 2.75) is 38.0 Å². The van der Waals surface area contributed by atoms with E-state index in [-0.39, 0.29) is 23.6 Å². The third kappa shape index (κ3) is 6.34. The van der Waals surface area contributed by atoms with Crippen LogP contribution in [0.15, 0.2) is 59.8 Å². The highest BCUT2D eigenvalue weighted by Gasteiger charge is 2.21. The van der Waals surface area contributed by atoms with Gasteiger partial charge in [0, 0.05) is 13.1 Å². The quantitative estimate of drug-likeness (QED) is 0.438. The fourth-order valence-corrected chi connectivity index (χ4v) is 4.24. The Balaban J connectivity index is 1.54. The first-order chi connectivity index (χ1) is 15.5. The predicted molar refractivity (Wildman–Crippen MR) is 127 cm³/mol. The van der Waals surface area contributed by atoms with Crippen LogP contribution in [0.2, 0.25) is 5.02 Å². The van der Waals surface area contributed by atoms with Crippen LogP contribution in [0.5, 0.6) is 0 Å². The fourth-order valence-electron chi connectivity index (χ4n) is 3.18. The Kier molecular flexibility index (Phi) is 8.70. The molecule has 2 N–H and O–H groups in total. The molecule has 1 heterocycles. The van der Waals surface area contributed by atoms with Crippen LogP contribution in [0.3, 0.4) is 0 Å². The first kappa shape index (κ1) is 23.8. The monoisotopic (exact) mass is 471 g/mol. The van der Waals surface area contributed by atoms with Gasteiger partial charge in [0.15, 0.2) is 11.0 Å². The minimum atomic E-state index is -0.375. The van der Waals surface area contributed by atoms with Crippen LogP contribution >= 0.6 is 23.4 Å². The summed E-state index contributed by atoms with van der Waals surface area (Å²) in [6.45, 7) is 5.02. The molecule has 1 aromatic heterocycles. The second kappa shape index (κ2) is 11.7. The molecule has 32 heavy (non-hydrogen) atoms. The molecule has 0 saturated heterocycles. The Morgan fingerprint density at radius 1 is 1.09 bits per heavy atom. The van der Waals surface area contributed by atoms with E-state index in [1.54, 1.807) is 24.3 Å². The molecule has 0 saturated carbocycles. The summed E-state index contributed by atoms with van der Waals surface area (Å²) in [7, 11) is 0. The van der Waals surface area contributed by atoms with E-state index in [9.17, 15) is 9.59 Å². The molecule has 0 radical (unpaired) electrons. The van der Waals surface area contributed by atoms with Crippen molar-refractivity contribution in [3.05, 3.63) is 76.6 Å². The van der Waals surface area contributed by atoms with Gasteiger partial charge in [-0.15, -0.1) is 10.2 Å². The third-order valence-corrected chi connectivity index (χ3v) is 6.12. The normalized spacial score (nSPS) is 11.7. The smallest absolute Gasteiger partial charge is 0.253 e. The van der Waals surface area contributed by atoms with Crippen molar-refractivity contribution in [1.82, 2.24) is 25.4 Å². The molecule has 7 nitrogen and oxygen atoms in total. The lowest BCUT2D eigenvalue weighted by molar-refractivity contribution is -0.118. The summed E-state index contributed by atoms with van der Waals surface area (Å²) >= 11 is 7.44. The van der Waals surface area contributed by atoms with Crippen molar-refractivity contribution in [2.24, 2.45) is 0 Å². The first-order valence-corrected chi connectivity index (χ1v) is 11.8. The zero-order chi connectivity index (χ0) is 22.9. The van der Waals surface area contributed by atoms with E-state index >= 15 is 0 Å². The highest BCUT2D eigenvalue weighted by Crippen LogP contribution is 2.21. The second-order valence-corrected chi connectivity index (χ2v) is 8.48. The van der Waals surface area contributed by atoms with Gasteiger partial charge in [-0.1, -0.05) is 65.8 Å². The molecule has 0 fully saturated rings. The Bertz CT molecular complexity index is 1060. The molecule has 3 rings (SSSR count). The van der Waals surface area contributed by atoms with Gasteiger partial charge in [0.1, 0.15) is 0 Å². The number of carbonyl (C=O) groups excluding carboxylic acids is 2. The van der Waals surface area contributed by atoms with E-state index in [1.165, 1.54) is 17.3 Å². The Morgan fingerprint density at radius 3 is 2.53 bits per heavy atom. The molecule has 0 aliphatic carbocycles. The van der Waals surface area contributed by atoms with Gasteiger partial charge in [-0.3, -0.25) is 9.59 Å². The lowest BCUT2D eigenvalue weighted by Gasteiger charge is -2.15. The van der Waals surface area contributed by atoms with E-state index in [0.717, 1.165) is 6.42 Å². The number of nitrogens with one attached hydrogen (secondary N) is 2. The number of halogens is 1. The fraction of sp³-hybridized carbons (Fsp3) is 0.304. The number of aromatic nitrogens is 3. The Morgan fingerprint density at radius 2 is 1.81 bits per heavy atom. The molecule has 9 heteroatoms. The van der Waals surface area contributed by atoms with Gasteiger partial charge in [-0.25, -0.2) is 0 Å². The van der Waals surface area contributed by atoms with Crippen LogP contribution in [0.4, 0.5) is 0 Å². The molecule has 3 aromatic rings.